The minimum Gasteiger partial charge on any atom is -0.406 e. The molecule has 1 aliphatic rings. The minimum atomic E-state index is -4.88. The number of nitrogens with zero attached hydrogens (tertiary/aromatic N) is 3. The molecule has 25 heavy (non-hydrogen) atoms. The molecule has 136 valence electrons. The lowest BCUT2D eigenvalue weighted by Crippen LogP contribution is -2.39. The summed E-state index contributed by atoms with van der Waals surface area (Å²) in [6.07, 6.45) is -2.17. The normalized spacial score (nSPS) is 19.7. The van der Waals surface area contributed by atoms with Crippen LogP contribution in [0.15, 0.2) is 35.5 Å². The maximum atomic E-state index is 12.8. The number of benzene rings is 1. The van der Waals surface area contributed by atoms with Gasteiger partial charge < -0.3 is 4.74 Å². The van der Waals surface area contributed by atoms with E-state index in [2.05, 4.69) is 19.9 Å². The van der Waals surface area contributed by atoms with Gasteiger partial charge in [-0.15, -0.1) is 13.2 Å². The molecule has 1 unspecified atom stereocenters. The average molecular weight is 376 g/mol. The van der Waals surface area contributed by atoms with Crippen LogP contribution in [0, 0.1) is 0 Å². The maximum absolute atomic E-state index is 12.8. The van der Waals surface area contributed by atoms with E-state index < -0.39 is 22.1 Å². The van der Waals surface area contributed by atoms with Crippen LogP contribution >= 0.6 is 0 Å². The van der Waals surface area contributed by atoms with Crippen LogP contribution in [0.1, 0.15) is 24.6 Å². The zero-order valence-corrected chi connectivity index (χ0v) is 13.7. The van der Waals surface area contributed by atoms with Gasteiger partial charge in [-0.25, -0.2) is 13.4 Å². The summed E-state index contributed by atoms with van der Waals surface area (Å²) in [5.41, 5.74) is 0. The van der Waals surface area contributed by atoms with Gasteiger partial charge in [0.05, 0.1) is 4.90 Å². The second kappa shape index (κ2) is 6.64. The number of rotatable bonds is 4. The third-order valence-corrected chi connectivity index (χ3v) is 5.74. The van der Waals surface area contributed by atoms with E-state index in [0.29, 0.717) is 12.2 Å². The first-order valence-electron chi connectivity index (χ1n) is 7.47. The molecule has 0 saturated carbocycles. The topological polar surface area (TPSA) is 88.2 Å². The molecule has 2 heterocycles. The first-order valence-corrected chi connectivity index (χ1v) is 8.91. The van der Waals surface area contributed by atoms with Gasteiger partial charge in [-0.2, -0.15) is 9.40 Å². The fraction of sp³-hybridized carbons (Fsp3) is 0.429. The zero-order chi connectivity index (χ0) is 18.1. The second-order valence-electron chi connectivity index (χ2n) is 5.60. The van der Waals surface area contributed by atoms with Crippen molar-refractivity contribution in [3.63, 3.8) is 0 Å². The summed E-state index contributed by atoms with van der Waals surface area (Å²) in [7, 11) is -3.94. The van der Waals surface area contributed by atoms with Crippen LogP contribution in [0.3, 0.4) is 0 Å². The SMILES string of the molecule is O=S(=O)(c1cccc(OC(F)(F)F)c1)N1CCCC(c2ncn[nH]2)C1. The van der Waals surface area contributed by atoms with Crippen LogP contribution < -0.4 is 4.74 Å². The lowest BCUT2D eigenvalue weighted by molar-refractivity contribution is -0.274. The maximum Gasteiger partial charge on any atom is 0.573 e. The molecule has 3 rings (SSSR count). The standard InChI is InChI=1S/C14H15F3N4O3S/c15-14(16,17)24-11-4-1-5-12(7-11)25(22,23)21-6-2-3-10(8-21)13-18-9-19-20-13/h1,4-5,7,9-10H,2-3,6,8H2,(H,18,19,20). The number of ether oxygens (including phenoxy) is 1. The number of nitrogens with one attached hydrogen (secondary N) is 1. The number of sulfonamides is 1. The molecule has 1 saturated heterocycles. The molecule has 0 amide bonds. The number of aromatic amines is 1. The summed E-state index contributed by atoms with van der Waals surface area (Å²) in [5.74, 6) is -0.118. The van der Waals surface area contributed by atoms with Gasteiger partial charge in [0.25, 0.3) is 0 Å². The highest BCUT2D eigenvalue weighted by Crippen LogP contribution is 2.30. The molecule has 0 aliphatic carbocycles. The highest BCUT2D eigenvalue weighted by molar-refractivity contribution is 7.89. The number of H-pyrrole nitrogens is 1. The highest BCUT2D eigenvalue weighted by Gasteiger charge is 2.34. The average Bonchev–Trinajstić information content (AvgIpc) is 3.08. The van der Waals surface area contributed by atoms with E-state index in [-0.39, 0.29) is 23.9 Å². The first-order chi connectivity index (χ1) is 11.8. The number of piperidine rings is 1. The summed E-state index contributed by atoms with van der Waals surface area (Å²) < 4.78 is 67.6. The molecular formula is C14H15F3N4O3S. The van der Waals surface area contributed by atoms with Crippen molar-refractivity contribution in [2.45, 2.75) is 30.0 Å². The van der Waals surface area contributed by atoms with Crippen molar-refractivity contribution in [3.8, 4) is 5.75 Å². The molecule has 2 aromatic rings. The van der Waals surface area contributed by atoms with E-state index in [9.17, 15) is 21.6 Å². The van der Waals surface area contributed by atoms with Crippen LogP contribution in [-0.4, -0.2) is 47.4 Å². The lowest BCUT2D eigenvalue weighted by atomic mass is 9.99. The largest absolute Gasteiger partial charge is 0.573 e. The van der Waals surface area contributed by atoms with E-state index in [1.807, 2.05) is 0 Å². The fourth-order valence-corrected chi connectivity index (χ4v) is 4.34. The summed E-state index contributed by atoms with van der Waals surface area (Å²) in [6.45, 7) is 0.471. The van der Waals surface area contributed by atoms with Crippen molar-refractivity contribution in [2.75, 3.05) is 13.1 Å². The van der Waals surface area contributed by atoms with Crippen molar-refractivity contribution >= 4 is 10.0 Å². The van der Waals surface area contributed by atoms with Gasteiger partial charge in [-0.05, 0) is 25.0 Å². The van der Waals surface area contributed by atoms with E-state index in [0.717, 1.165) is 18.6 Å². The Labute approximate surface area is 141 Å². The summed E-state index contributed by atoms with van der Waals surface area (Å²) in [6, 6.07) is 4.39. The molecular weight excluding hydrogens is 361 g/mol. The van der Waals surface area contributed by atoms with Gasteiger partial charge in [-0.1, -0.05) is 6.07 Å². The van der Waals surface area contributed by atoms with Gasteiger partial charge in [-0.3, -0.25) is 5.10 Å². The van der Waals surface area contributed by atoms with Crippen LogP contribution in [0.5, 0.6) is 5.75 Å². The van der Waals surface area contributed by atoms with E-state index in [1.54, 1.807) is 0 Å². The van der Waals surface area contributed by atoms with E-state index in [1.165, 1.54) is 22.8 Å². The molecule has 11 heteroatoms. The van der Waals surface area contributed by atoms with Crippen LogP contribution in [0.2, 0.25) is 0 Å². The molecule has 1 aromatic heterocycles. The van der Waals surface area contributed by atoms with Crippen LogP contribution in [0.25, 0.3) is 0 Å². The molecule has 0 spiro atoms. The molecule has 1 atom stereocenters. The highest BCUT2D eigenvalue weighted by atomic mass is 32.2. The Bertz CT molecular complexity index is 824. The van der Waals surface area contributed by atoms with E-state index >= 15 is 0 Å². The Hall–Kier alpha value is -2.14. The van der Waals surface area contributed by atoms with Crippen molar-refractivity contribution in [1.29, 1.82) is 0 Å². The van der Waals surface area contributed by atoms with Crippen LogP contribution in [0.4, 0.5) is 13.2 Å². The second-order valence-corrected chi connectivity index (χ2v) is 7.53. The smallest absolute Gasteiger partial charge is 0.406 e. The van der Waals surface area contributed by atoms with Gasteiger partial charge in [0.2, 0.25) is 10.0 Å². The number of hydrogen-bond acceptors (Lipinski definition) is 5. The molecule has 0 bridgehead atoms. The fourth-order valence-electron chi connectivity index (χ4n) is 2.78. The number of halogens is 3. The summed E-state index contributed by atoms with van der Waals surface area (Å²) in [4.78, 5) is 3.81. The Balaban J connectivity index is 1.82. The Morgan fingerprint density at radius 1 is 1.32 bits per heavy atom. The Morgan fingerprint density at radius 3 is 2.80 bits per heavy atom. The van der Waals surface area contributed by atoms with Gasteiger partial charge >= 0.3 is 6.36 Å². The lowest BCUT2D eigenvalue weighted by Gasteiger charge is -2.30. The van der Waals surface area contributed by atoms with Crippen molar-refractivity contribution in [2.24, 2.45) is 0 Å². The molecule has 1 aromatic carbocycles. The number of aromatic nitrogens is 3. The molecule has 1 aliphatic heterocycles. The predicted molar refractivity (Wildman–Crippen MR) is 80.2 cm³/mol. The predicted octanol–water partition coefficient (Wildman–Crippen LogP) is 2.27. The number of alkyl halides is 3. The molecule has 1 N–H and O–H groups in total. The van der Waals surface area contributed by atoms with Gasteiger partial charge in [0, 0.05) is 25.1 Å². The van der Waals surface area contributed by atoms with E-state index in [4.69, 9.17) is 0 Å². The van der Waals surface area contributed by atoms with Gasteiger partial charge in [0.1, 0.15) is 17.9 Å². The third kappa shape index (κ3) is 4.10. The minimum absolute atomic E-state index is 0.138. The molecule has 7 nitrogen and oxygen atoms in total. The van der Waals surface area contributed by atoms with Crippen molar-refractivity contribution < 1.29 is 26.3 Å². The molecule has 0 radical (unpaired) electrons. The summed E-state index contributed by atoms with van der Waals surface area (Å²) in [5, 5.41) is 6.49. The Kier molecular flexibility index (Phi) is 4.69. The van der Waals surface area contributed by atoms with Gasteiger partial charge in [0.15, 0.2) is 0 Å². The quantitative estimate of drug-likeness (QED) is 0.884. The van der Waals surface area contributed by atoms with Crippen molar-refractivity contribution in [3.05, 3.63) is 36.4 Å². The summed E-state index contributed by atoms with van der Waals surface area (Å²) >= 11 is 0. The first kappa shape index (κ1) is 17.7. The third-order valence-electron chi connectivity index (χ3n) is 3.88. The Morgan fingerprint density at radius 2 is 2.12 bits per heavy atom. The van der Waals surface area contributed by atoms with Crippen LogP contribution in [-0.2, 0) is 10.0 Å². The monoisotopic (exact) mass is 376 g/mol. The molecule has 1 fully saturated rings. The number of hydrogen-bond donors (Lipinski definition) is 1. The van der Waals surface area contributed by atoms with Crippen molar-refractivity contribution in [1.82, 2.24) is 19.5 Å². The zero-order valence-electron chi connectivity index (χ0n) is 12.9.